The van der Waals surface area contributed by atoms with Gasteiger partial charge in [0.05, 0.1) is 23.8 Å². The van der Waals surface area contributed by atoms with Crippen LogP contribution in [0.15, 0.2) is 18.2 Å². The molecule has 0 saturated carbocycles. The smallest absolute Gasteiger partial charge is 0.178 e. The zero-order chi connectivity index (χ0) is 14.7. The van der Waals surface area contributed by atoms with E-state index in [2.05, 4.69) is 0 Å². The minimum atomic E-state index is -0.0518. The van der Waals surface area contributed by atoms with Gasteiger partial charge in [-0.1, -0.05) is 23.2 Å². The molecule has 0 spiro atoms. The molecule has 1 aliphatic heterocycles. The van der Waals surface area contributed by atoms with Crippen molar-refractivity contribution in [2.24, 2.45) is 0 Å². The third-order valence-electron chi connectivity index (χ3n) is 3.49. The Morgan fingerprint density at radius 1 is 1.25 bits per heavy atom. The normalized spacial score (nSPS) is 23.2. The van der Waals surface area contributed by atoms with Crippen LogP contribution in [0.4, 0.5) is 0 Å². The van der Waals surface area contributed by atoms with Crippen LogP contribution in [0.5, 0.6) is 0 Å². The molecule has 1 fully saturated rings. The van der Waals surface area contributed by atoms with E-state index in [0.717, 1.165) is 0 Å². The number of benzene rings is 1. The van der Waals surface area contributed by atoms with Crippen molar-refractivity contribution in [1.82, 2.24) is 4.90 Å². The molecule has 2 atom stereocenters. The molecule has 0 bridgehead atoms. The van der Waals surface area contributed by atoms with Crippen LogP contribution in [0.3, 0.4) is 0 Å². The van der Waals surface area contributed by atoms with Crippen LogP contribution >= 0.6 is 23.2 Å². The van der Waals surface area contributed by atoms with Crippen LogP contribution in [0, 0.1) is 0 Å². The molecule has 1 aromatic carbocycles. The number of Topliss-reactive ketones (excluding diaryl/α,β-unsaturated/α-hetero) is 1. The second kappa shape index (κ2) is 6.87. The number of likely N-dealkylation sites (tertiary alicyclic amines) is 1. The van der Waals surface area contributed by atoms with E-state index in [4.69, 9.17) is 32.7 Å². The van der Waals surface area contributed by atoms with Gasteiger partial charge < -0.3 is 9.47 Å². The van der Waals surface area contributed by atoms with Crippen LogP contribution in [-0.4, -0.2) is 56.7 Å². The van der Waals surface area contributed by atoms with Crippen molar-refractivity contribution in [1.29, 1.82) is 0 Å². The van der Waals surface area contributed by atoms with Crippen molar-refractivity contribution in [3.63, 3.8) is 0 Å². The molecule has 0 aromatic heterocycles. The van der Waals surface area contributed by atoms with Gasteiger partial charge in [-0.2, -0.15) is 0 Å². The van der Waals surface area contributed by atoms with Crippen LogP contribution < -0.4 is 0 Å². The van der Waals surface area contributed by atoms with Crippen molar-refractivity contribution >= 4 is 29.0 Å². The summed E-state index contributed by atoms with van der Waals surface area (Å²) in [4.78, 5) is 14.3. The molecule has 4 nitrogen and oxygen atoms in total. The first kappa shape index (κ1) is 15.7. The number of ketones is 1. The van der Waals surface area contributed by atoms with E-state index in [9.17, 15) is 4.79 Å². The molecular formula is C14H17Cl2NO3. The van der Waals surface area contributed by atoms with Gasteiger partial charge in [0, 0.05) is 37.9 Å². The lowest BCUT2D eigenvalue weighted by Crippen LogP contribution is -2.29. The Morgan fingerprint density at radius 3 is 2.40 bits per heavy atom. The average Bonchev–Trinajstić information content (AvgIpc) is 2.83. The molecule has 0 N–H and O–H groups in total. The number of carbonyl (C=O) groups is 1. The van der Waals surface area contributed by atoms with Gasteiger partial charge >= 0.3 is 0 Å². The summed E-state index contributed by atoms with van der Waals surface area (Å²) in [6.07, 6.45) is -0.0229. The summed E-state index contributed by atoms with van der Waals surface area (Å²) in [5, 5.41) is 0.925. The highest BCUT2D eigenvalue weighted by Gasteiger charge is 2.33. The van der Waals surface area contributed by atoms with E-state index in [1.807, 2.05) is 4.90 Å². The molecule has 110 valence electrons. The number of hydrogen-bond acceptors (Lipinski definition) is 4. The average molecular weight is 318 g/mol. The zero-order valence-corrected chi connectivity index (χ0v) is 12.9. The van der Waals surface area contributed by atoms with Crippen LogP contribution in [0.1, 0.15) is 10.4 Å². The largest absolute Gasteiger partial charge is 0.377 e. The first-order valence-corrected chi connectivity index (χ1v) is 7.07. The van der Waals surface area contributed by atoms with Gasteiger partial charge in [0.1, 0.15) is 0 Å². The number of nitrogens with zero attached hydrogens (tertiary/aromatic N) is 1. The molecule has 2 rings (SSSR count). The Balaban J connectivity index is 2.04. The molecule has 0 radical (unpaired) electrons. The Bertz CT molecular complexity index is 483. The van der Waals surface area contributed by atoms with Crippen LogP contribution in [0.2, 0.25) is 10.0 Å². The fourth-order valence-electron chi connectivity index (χ4n) is 2.40. The summed E-state index contributed by atoms with van der Waals surface area (Å²) in [7, 11) is 3.30. The Labute approximate surface area is 128 Å². The highest BCUT2D eigenvalue weighted by atomic mass is 35.5. The minimum absolute atomic E-state index is 0.0115. The third-order valence-corrected chi connectivity index (χ3v) is 4.06. The van der Waals surface area contributed by atoms with Gasteiger partial charge in [-0.3, -0.25) is 9.69 Å². The van der Waals surface area contributed by atoms with Gasteiger partial charge in [-0.25, -0.2) is 0 Å². The summed E-state index contributed by atoms with van der Waals surface area (Å²) in [5.74, 6) is -0.0518. The van der Waals surface area contributed by atoms with Crippen LogP contribution in [-0.2, 0) is 9.47 Å². The highest BCUT2D eigenvalue weighted by Crippen LogP contribution is 2.22. The van der Waals surface area contributed by atoms with Gasteiger partial charge in [0.2, 0.25) is 0 Å². The quantitative estimate of drug-likeness (QED) is 0.782. The minimum Gasteiger partial charge on any atom is -0.377 e. The van der Waals surface area contributed by atoms with E-state index >= 15 is 0 Å². The molecule has 1 aromatic rings. The van der Waals surface area contributed by atoms with Gasteiger partial charge in [-0.05, 0) is 18.2 Å². The van der Waals surface area contributed by atoms with Gasteiger partial charge in [0.25, 0.3) is 0 Å². The summed E-state index contributed by atoms with van der Waals surface area (Å²) in [5.41, 5.74) is 0.453. The molecular weight excluding hydrogens is 301 g/mol. The predicted molar refractivity (Wildman–Crippen MR) is 78.8 cm³/mol. The lowest BCUT2D eigenvalue weighted by molar-refractivity contribution is -0.00461. The SMILES string of the molecule is COC1CN(CC(=O)c2cc(Cl)ccc2Cl)CC1OC. The third kappa shape index (κ3) is 3.51. The van der Waals surface area contributed by atoms with E-state index in [1.54, 1.807) is 32.4 Å². The van der Waals surface area contributed by atoms with Crippen molar-refractivity contribution in [3.05, 3.63) is 33.8 Å². The van der Waals surface area contributed by atoms with E-state index in [-0.39, 0.29) is 24.5 Å². The lowest BCUT2D eigenvalue weighted by Gasteiger charge is -2.14. The van der Waals surface area contributed by atoms with Crippen LogP contribution in [0.25, 0.3) is 0 Å². The number of carbonyl (C=O) groups excluding carboxylic acids is 1. The molecule has 6 heteroatoms. The molecule has 0 aliphatic carbocycles. The fraction of sp³-hybridized carbons (Fsp3) is 0.500. The van der Waals surface area contributed by atoms with Crippen molar-refractivity contribution < 1.29 is 14.3 Å². The van der Waals surface area contributed by atoms with Crippen molar-refractivity contribution in [3.8, 4) is 0 Å². The lowest BCUT2D eigenvalue weighted by atomic mass is 10.1. The van der Waals surface area contributed by atoms with E-state index in [0.29, 0.717) is 28.7 Å². The fourth-order valence-corrected chi connectivity index (χ4v) is 2.79. The number of halogens is 2. The maximum absolute atomic E-state index is 12.3. The molecule has 1 aliphatic rings. The topological polar surface area (TPSA) is 38.8 Å². The van der Waals surface area contributed by atoms with E-state index < -0.39 is 0 Å². The number of rotatable bonds is 5. The van der Waals surface area contributed by atoms with Crippen molar-refractivity contribution in [2.45, 2.75) is 12.2 Å². The Morgan fingerprint density at radius 2 is 1.85 bits per heavy atom. The molecule has 2 unspecified atom stereocenters. The first-order valence-electron chi connectivity index (χ1n) is 6.31. The number of ether oxygens (including phenoxy) is 2. The summed E-state index contributed by atoms with van der Waals surface area (Å²) < 4.78 is 10.7. The first-order chi connectivity index (χ1) is 9.55. The summed E-state index contributed by atoms with van der Waals surface area (Å²) in [6, 6.07) is 4.90. The molecule has 1 saturated heterocycles. The summed E-state index contributed by atoms with van der Waals surface area (Å²) in [6.45, 7) is 1.61. The Hall–Kier alpha value is -0.650. The maximum atomic E-state index is 12.3. The number of methoxy groups -OCH3 is 2. The highest BCUT2D eigenvalue weighted by molar-refractivity contribution is 6.36. The van der Waals surface area contributed by atoms with E-state index in [1.165, 1.54) is 0 Å². The molecule has 1 heterocycles. The number of hydrogen-bond donors (Lipinski definition) is 0. The zero-order valence-electron chi connectivity index (χ0n) is 11.4. The monoisotopic (exact) mass is 317 g/mol. The van der Waals surface area contributed by atoms with Crippen molar-refractivity contribution in [2.75, 3.05) is 33.9 Å². The van der Waals surface area contributed by atoms with Gasteiger partial charge in [0.15, 0.2) is 5.78 Å². The summed E-state index contributed by atoms with van der Waals surface area (Å²) >= 11 is 11.9. The second-order valence-electron chi connectivity index (χ2n) is 4.79. The standard InChI is InChI=1S/C14H17Cl2NO3/c1-19-13-7-17(8-14(13)20-2)6-12(18)10-5-9(15)3-4-11(10)16/h3-5,13-14H,6-8H2,1-2H3. The predicted octanol–water partition coefficient (Wildman–Crippen LogP) is 2.52. The second-order valence-corrected chi connectivity index (χ2v) is 5.63. The van der Waals surface area contributed by atoms with Gasteiger partial charge in [-0.15, -0.1) is 0 Å². The molecule has 20 heavy (non-hydrogen) atoms. The Kier molecular flexibility index (Phi) is 5.41. The maximum Gasteiger partial charge on any atom is 0.178 e. The molecule has 0 amide bonds.